The van der Waals surface area contributed by atoms with Crippen LogP contribution in [0.1, 0.15) is 5.56 Å². The number of aryl methyl sites for hydroxylation is 1. The number of nitrogen functional groups attached to an aromatic ring is 1. The van der Waals surface area contributed by atoms with Crippen LogP contribution in [-0.4, -0.2) is 27.2 Å². The van der Waals surface area contributed by atoms with E-state index in [0.29, 0.717) is 40.0 Å². The van der Waals surface area contributed by atoms with Gasteiger partial charge >= 0.3 is 0 Å². The molecular formula is C23H20N4O2. The number of anilines is 1. The van der Waals surface area contributed by atoms with Gasteiger partial charge < -0.3 is 15.6 Å². The number of nitrogens with zero attached hydrogens (tertiary/aromatic N) is 3. The molecule has 0 bridgehead atoms. The van der Waals surface area contributed by atoms with Crippen LogP contribution in [0.5, 0.6) is 11.5 Å². The molecule has 29 heavy (non-hydrogen) atoms. The fourth-order valence-electron chi connectivity index (χ4n) is 2.98. The highest BCUT2D eigenvalue weighted by molar-refractivity contribution is 5.75. The van der Waals surface area contributed by atoms with Crippen LogP contribution in [0, 0.1) is 6.92 Å². The maximum Gasteiger partial charge on any atom is 0.167 e. The number of benzene rings is 3. The Morgan fingerprint density at radius 1 is 0.793 bits per heavy atom. The minimum atomic E-state index is 0.0254. The summed E-state index contributed by atoms with van der Waals surface area (Å²) in [5.41, 5.74) is 9.90. The number of phenols is 1. The number of phenolic OH excluding ortho intramolecular Hbond substituents is 1. The van der Waals surface area contributed by atoms with Gasteiger partial charge in [0, 0.05) is 22.9 Å². The first-order valence-electron chi connectivity index (χ1n) is 9.10. The van der Waals surface area contributed by atoms with Crippen LogP contribution in [-0.2, 0) is 0 Å². The number of hydrogen-bond donors (Lipinski definition) is 2. The second-order valence-corrected chi connectivity index (χ2v) is 6.64. The van der Waals surface area contributed by atoms with E-state index in [0.717, 1.165) is 11.1 Å². The highest BCUT2D eigenvalue weighted by Gasteiger charge is 2.16. The third-order valence-electron chi connectivity index (χ3n) is 4.59. The summed E-state index contributed by atoms with van der Waals surface area (Å²) < 4.78 is 5.17. The Labute approximate surface area is 168 Å². The van der Waals surface area contributed by atoms with Gasteiger partial charge in [-0.15, -0.1) is 0 Å². The van der Waals surface area contributed by atoms with Gasteiger partial charge in [0.1, 0.15) is 11.5 Å². The fourth-order valence-corrected chi connectivity index (χ4v) is 2.98. The van der Waals surface area contributed by atoms with Crippen LogP contribution in [0.4, 0.5) is 5.69 Å². The smallest absolute Gasteiger partial charge is 0.167 e. The molecule has 144 valence electrons. The van der Waals surface area contributed by atoms with Gasteiger partial charge in [-0.1, -0.05) is 42.0 Å². The Bertz CT molecular complexity index is 1170. The highest BCUT2D eigenvalue weighted by Crippen LogP contribution is 2.33. The Hall–Kier alpha value is -3.93. The quantitative estimate of drug-likeness (QED) is 0.504. The van der Waals surface area contributed by atoms with E-state index < -0.39 is 0 Å². The molecule has 0 spiro atoms. The van der Waals surface area contributed by atoms with Gasteiger partial charge in [0.05, 0.1) is 12.7 Å². The van der Waals surface area contributed by atoms with Gasteiger partial charge in [-0.3, -0.25) is 0 Å². The summed E-state index contributed by atoms with van der Waals surface area (Å²) >= 11 is 0. The third-order valence-corrected chi connectivity index (χ3v) is 4.59. The highest BCUT2D eigenvalue weighted by atomic mass is 16.5. The number of methoxy groups -OCH3 is 1. The van der Waals surface area contributed by atoms with Crippen LogP contribution >= 0.6 is 0 Å². The second kappa shape index (κ2) is 7.59. The zero-order valence-electron chi connectivity index (χ0n) is 16.1. The summed E-state index contributed by atoms with van der Waals surface area (Å²) in [5, 5.41) is 10.5. The molecule has 0 aliphatic rings. The lowest BCUT2D eigenvalue weighted by Gasteiger charge is -2.11. The molecule has 4 aromatic rings. The molecule has 0 amide bonds. The van der Waals surface area contributed by atoms with Gasteiger partial charge in [-0.2, -0.15) is 0 Å². The first-order valence-corrected chi connectivity index (χ1v) is 9.10. The number of para-hydroxylation sites is 1. The van der Waals surface area contributed by atoms with Crippen molar-refractivity contribution in [2.75, 3.05) is 12.8 Å². The van der Waals surface area contributed by atoms with E-state index in [1.165, 1.54) is 6.07 Å². The van der Waals surface area contributed by atoms with Crippen molar-refractivity contribution in [2.24, 2.45) is 0 Å². The Morgan fingerprint density at radius 2 is 1.45 bits per heavy atom. The van der Waals surface area contributed by atoms with E-state index in [9.17, 15) is 5.11 Å². The number of hydrogen-bond acceptors (Lipinski definition) is 6. The monoisotopic (exact) mass is 384 g/mol. The standard InChI is InChI=1S/C23H20N4O2/c1-14-7-9-15(10-8-14)21-25-22(17-5-3-4-6-19(17)24)27-23(26-21)18-12-11-16(29-2)13-20(18)28/h3-13,28H,24H2,1-2H3. The predicted octanol–water partition coefficient (Wildman–Crippen LogP) is 4.48. The maximum atomic E-state index is 10.5. The van der Waals surface area contributed by atoms with Crippen molar-refractivity contribution >= 4 is 5.69 Å². The summed E-state index contributed by atoms with van der Waals surface area (Å²) in [4.78, 5) is 13.8. The maximum absolute atomic E-state index is 10.5. The lowest BCUT2D eigenvalue weighted by Crippen LogP contribution is -2.02. The van der Waals surface area contributed by atoms with Gasteiger partial charge in [-0.25, -0.2) is 15.0 Å². The zero-order valence-corrected chi connectivity index (χ0v) is 16.1. The van der Waals surface area contributed by atoms with Crippen LogP contribution in [0.3, 0.4) is 0 Å². The van der Waals surface area contributed by atoms with Crippen molar-refractivity contribution in [1.82, 2.24) is 15.0 Å². The number of aromatic nitrogens is 3. The van der Waals surface area contributed by atoms with Crippen LogP contribution < -0.4 is 10.5 Å². The van der Waals surface area contributed by atoms with Gasteiger partial charge in [0.25, 0.3) is 0 Å². The van der Waals surface area contributed by atoms with E-state index in [2.05, 4.69) is 15.0 Å². The molecule has 0 saturated carbocycles. The van der Waals surface area contributed by atoms with Crippen molar-refractivity contribution < 1.29 is 9.84 Å². The number of nitrogens with two attached hydrogens (primary N) is 1. The van der Waals surface area contributed by atoms with Crippen molar-refractivity contribution in [3.05, 3.63) is 72.3 Å². The van der Waals surface area contributed by atoms with Crippen LogP contribution in [0.15, 0.2) is 66.7 Å². The average Bonchev–Trinajstić information content (AvgIpc) is 2.74. The van der Waals surface area contributed by atoms with Crippen LogP contribution in [0.2, 0.25) is 0 Å². The topological polar surface area (TPSA) is 94.2 Å². The molecule has 0 fully saturated rings. The molecule has 6 heteroatoms. The van der Waals surface area contributed by atoms with E-state index >= 15 is 0 Å². The van der Waals surface area contributed by atoms with Gasteiger partial charge in [-0.05, 0) is 31.2 Å². The van der Waals surface area contributed by atoms with Crippen molar-refractivity contribution in [1.29, 1.82) is 0 Å². The fraction of sp³-hybridized carbons (Fsp3) is 0.0870. The minimum absolute atomic E-state index is 0.0254. The Balaban J connectivity index is 1.93. The normalized spacial score (nSPS) is 10.7. The van der Waals surface area contributed by atoms with E-state index in [-0.39, 0.29) is 5.75 Å². The zero-order chi connectivity index (χ0) is 20.4. The first-order chi connectivity index (χ1) is 14.0. The first kappa shape index (κ1) is 18.4. The minimum Gasteiger partial charge on any atom is -0.507 e. The molecule has 0 unspecified atom stereocenters. The molecule has 6 nitrogen and oxygen atoms in total. The number of aromatic hydroxyl groups is 1. The molecule has 0 saturated heterocycles. The van der Waals surface area contributed by atoms with Gasteiger partial charge in [0.15, 0.2) is 17.5 Å². The molecule has 3 aromatic carbocycles. The number of rotatable bonds is 4. The molecule has 0 aliphatic heterocycles. The third kappa shape index (κ3) is 3.73. The lowest BCUT2D eigenvalue weighted by atomic mass is 10.1. The number of ether oxygens (including phenoxy) is 1. The van der Waals surface area contributed by atoms with Crippen molar-refractivity contribution in [3.63, 3.8) is 0 Å². The molecule has 0 radical (unpaired) electrons. The Kier molecular flexibility index (Phi) is 4.83. The lowest BCUT2D eigenvalue weighted by molar-refractivity contribution is 0.408. The van der Waals surface area contributed by atoms with E-state index in [1.54, 1.807) is 25.3 Å². The SMILES string of the molecule is COc1ccc(-c2nc(-c3ccc(C)cc3)nc(-c3ccccc3N)n2)c(O)c1. The Morgan fingerprint density at radius 3 is 2.10 bits per heavy atom. The summed E-state index contributed by atoms with van der Waals surface area (Å²) in [6.07, 6.45) is 0. The predicted molar refractivity (Wildman–Crippen MR) is 114 cm³/mol. The summed E-state index contributed by atoms with van der Waals surface area (Å²) in [5.74, 6) is 1.88. The molecule has 1 heterocycles. The van der Waals surface area contributed by atoms with E-state index in [4.69, 9.17) is 10.5 Å². The largest absolute Gasteiger partial charge is 0.507 e. The molecule has 0 atom stereocenters. The molecular weight excluding hydrogens is 364 g/mol. The molecule has 1 aromatic heterocycles. The molecule has 3 N–H and O–H groups in total. The molecule has 4 rings (SSSR count). The van der Waals surface area contributed by atoms with Crippen molar-refractivity contribution in [3.8, 4) is 45.7 Å². The molecule has 0 aliphatic carbocycles. The van der Waals surface area contributed by atoms with E-state index in [1.807, 2.05) is 49.4 Å². The van der Waals surface area contributed by atoms with Crippen molar-refractivity contribution in [2.45, 2.75) is 6.92 Å². The summed E-state index contributed by atoms with van der Waals surface area (Å²) in [6, 6.07) is 20.3. The van der Waals surface area contributed by atoms with Gasteiger partial charge in [0.2, 0.25) is 0 Å². The summed E-state index contributed by atoms with van der Waals surface area (Å²) in [6.45, 7) is 2.02. The average molecular weight is 384 g/mol. The van der Waals surface area contributed by atoms with Crippen LogP contribution in [0.25, 0.3) is 34.2 Å². The second-order valence-electron chi connectivity index (χ2n) is 6.64. The summed E-state index contributed by atoms with van der Waals surface area (Å²) in [7, 11) is 1.54.